The zero-order valence-electron chi connectivity index (χ0n) is 13.4. The van der Waals surface area contributed by atoms with E-state index >= 15 is 0 Å². The predicted molar refractivity (Wildman–Crippen MR) is 93.2 cm³/mol. The monoisotopic (exact) mass is 367 g/mol. The number of hydrogen-bond donors (Lipinski definition) is 1. The number of aromatic nitrogens is 2. The maximum Gasteiger partial charge on any atom is 0.233 e. The maximum absolute atomic E-state index is 12.3. The Bertz CT molecular complexity index is 621. The Morgan fingerprint density at radius 3 is 2.46 bits per heavy atom. The van der Waals surface area contributed by atoms with Crippen molar-refractivity contribution in [1.82, 2.24) is 20.0 Å². The summed E-state index contributed by atoms with van der Waals surface area (Å²) in [6.45, 7) is 2.62. The van der Waals surface area contributed by atoms with Crippen molar-refractivity contribution in [3.05, 3.63) is 0 Å². The molecule has 4 rings (SSSR count). The van der Waals surface area contributed by atoms with E-state index < -0.39 is 0 Å². The highest BCUT2D eigenvalue weighted by Crippen LogP contribution is 2.32. The summed E-state index contributed by atoms with van der Waals surface area (Å²) >= 11 is 2.96. The highest BCUT2D eigenvalue weighted by Gasteiger charge is 2.35. The van der Waals surface area contributed by atoms with Crippen molar-refractivity contribution in [3.8, 4) is 0 Å². The molecule has 0 bridgehead atoms. The number of nitrogens with zero attached hydrogens (tertiary/aromatic N) is 4. The van der Waals surface area contributed by atoms with Crippen LogP contribution >= 0.6 is 23.1 Å². The highest BCUT2D eigenvalue weighted by molar-refractivity contribution is 8.01. The Kier molecular flexibility index (Phi) is 4.62. The summed E-state index contributed by atoms with van der Waals surface area (Å²) in [5, 5.41) is 12.4. The van der Waals surface area contributed by atoms with Crippen molar-refractivity contribution in [2.45, 2.75) is 36.1 Å². The molecule has 130 valence electrons. The molecule has 2 aliphatic carbocycles. The van der Waals surface area contributed by atoms with Crippen molar-refractivity contribution in [3.63, 3.8) is 0 Å². The largest absolute Gasteiger partial charge is 0.357 e. The molecule has 1 aliphatic heterocycles. The molecule has 2 saturated carbocycles. The van der Waals surface area contributed by atoms with E-state index in [1.165, 1.54) is 35.9 Å². The number of nitrogens with one attached hydrogen (secondary N) is 1. The average molecular weight is 368 g/mol. The molecule has 0 atom stereocenters. The van der Waals surface area contributed by atoms with Gasteiger partial charge in [0.15, 0.2) is 4.34 Å². The number of carbonyl (C=O) groups is 2. The molecular weight excluding hydrogens is 346 g/mol. The first-order valence-corrected chi connectivity index (χ1v) is 10.3. The van der Waals surface area contributed by atoms with E-state index in [2.05, 4.69) is 15.5 Å². The van der Waals surface area contributed by atoms with E-state index in [9.17, 15) is 9.59 Å². The third kappa shape index (κ3) is 4.00. The van der Waals surface area contributed by atoms with Crippen molar-refractivity contribution < 1.29 is 9.59 Å². The normalized spacial score (nSPS) is 21.0. The van der Waals surface area contributed by atoms with Gasteiger partial charge in [-0.3, -0.25) is 9.59 Å². The molecule has 1 aromatic heterocycles. The van der Waals surface area contributed by atoms with Crippen LogP contribution in [0.15, 0.2) is 4.34 Å². The van der Waals surface area contributed by atoms with Crippen LogP contribution in [0.3, 0.4) is 0 Å². The molecular formula is C15H21N5O2S2. The van der Waals surface area contributed by atoms with Gasteiger partial charge in [-0.2, -0.15) is 0 Å². The van der Waals surface area contributed by atoms with Crippen molar-refractivity contribution in [2.24, 2.45) is 5.92 Å². The highest BCUT2D eigenvalue weighted by atomic mass is 32.2. The van der Waals surface area contributed by atoms with Gasteiger partial charge in [0.1, 0.15) is 0 Å². The molecule has 1 saturated heterocycles. The maximum atomic E-state index is 12.3. The number of anilines is 1. The summed E-state index contributed by atoms with van der Waals surface area (Å²) in [4.78, 5) is 28.1. The van der Waals surface area contributed by atoms with Crippen molar-refractivity contribution in [1.29, 1.82) is 0 Å². The van der Waals surface area contributed by atoms with E-state index in [0.29, 0.717) is 38.0 Å². The Morgan fingerprint density at radius 2 is 1.79 bits per heavy atom. The summed E-state index contributed by atoms with van der Waals surface area (Å²) in [5.41, 5.74) is 0. The minimum absolute atomic E-state index is 0.116. The zero-order valence-corrected chi connectivity index (χ0v) is 15.1. The van der Waals surface area contributed by atoms with Crippen LogP contribution in [-0.4, -0.2) is 69.8 Å². The summed E-state index contributed by atoms with van der Waals surface area (Å²) < 4.78 is 0.828. The first-order valence-electron chi connectivity index (χ1n) is 8.48. The number of hydrogen-bond acceptors (Lipinski definition) is 7. The van der Waals surface area contributed by atoms with E-state index in [-0.39, 0.29) is 17.7 Å². The molecule has 1 N–H and O–H groups in total. The molecule has 0 spiro atoms. The molecule has 3 aliphatic rings. The summed E-state index contributed by atoms with van der Waals surface area (Å²) in [6, 6.07) is 0.562. The molecule has 24 heavy (non-hydrogen) atoms. The lowest BCUT2D eigenvalue weighted by molar-refractivity contribution is -0.139. The molecule has 0 radical (unpaired) electrons. The van der Waals surface area contributed by atoms with Gasteiger partial charge in [-0.05, 0) is 25.7 Å². The van der Waals surface area contributed by atoms with Crippen LogP contribution in [0.5, 0.6) is 0 Å². The van der Waals surface area contributed by atoms with Gasteiger partial charge in [-0.25, -0.2) is 0 Å². The molecule has 2 amide bonds. The van der Waals surface area contributed by atoms with Crippen molar-refractivity contribution in [2.75, 3.05) is 37.2 Å². The number of rotatable bonds is 6. The Morgan fingerprint density at radius 1 is 1.08 bits per heavy atom. The topological polar surface area (TPSA) is 78.4 Å². The van der Waals surface area contributed by atoms with Crippen LogP contribution in [0.4, 0.5) is 5.13 Å². The second-order valence-electron chi connectivity index (χ2n) is 6.56. The fourth-order valence-electron chi connectivity index (χ4n) is 2.71. The Labute approximate surface area is 149 Å². The Hall–Kier alpha value is -1.35. The van der Waals surface area contributed by atoms with E-state index in [1.807, 2.05) is 9.80 Å². The molecule has 0 unspecified atom stereocenters. The van der Waals surface area contributed by atoms with Gasteiger partial charge in [-0.15, -0.1) is 10.2 Å². The van der Waals surface area contributed by atoms with Gasteiger partial charge in [-0.1, -0.05) is 23.1 Å². The van der Waals surface area contributed by atoms with Gasteiger partial charge in [0.05, 0.1) is 5.75 Å². The second-order valence-corrected chi connectivity index (χ2v) is 8.76. The van der Waals surface area contributed by atoms with Gasteiger partial charge in [0.2, 0.25) is 16.9 Å². The van der Waals surface area contributed by atoms with Gasteiger partial charge in [0.25, 0.3) is 0 Å². The standard InChI is InChI=1S/C15H21N5O2S2/c21-12(9-23-15-18-17-14(24-15)16-11-3-4-11)19-5-7-20(8-6-19)13(22)10-1-2-10/h10-11H,1-9H2,(H,16,17). The van der Waals surface area contributed by atoms with Crippen LogP contribution in [0.2, 0.25) is 0 Å². The lowest BCUT2D eigenvalue weighted by Gasteiger charge is -2.34. The molecule has 9 heteroatoms. The third-order valence-corrected chi connectivity index (χ3v) is 6.47. The van der Waals surface area contributed by atoms with E-state index in [1.54, 1.807) is 0 Å². The quantitative estimate of drug-likeness (QED) is 0.763. The van der Waals surface area contributed by atoms with Gasteiger partial charge >= 0.3 is 0 Å². The average Bonchev–Trinajstić information content (AvgIpc) is 3.52. The SMILES string of the molecule is O=C(CSc1nnc(NC2CC2)s1)N1CCN(C(=O)C2CC2)CC1. The predicted octanol–water partition coefficient (Wildman–Crippen LogP) is 1.29. The third-order valence-electron chi connectivity index (χ3n) is 4.50. The van der Waals surface area contributed by atoms with E-state index in [0.717, 1.165) is 22.3 Å². The van der Waals surface area contributed by atoms with Crippen LogP contribution in [0.25, 0.3) is 0 Å². The first kappa shape index (κ1) is 16.1. The fraction of sp³-hybridized carbons (Fsp3) is 0.733. The van der Waals surface area contributed by atoms with E-state index in [4.69, 9.17) is 0 Å². The molecule has 7 nitrogen and oxygen atoms in total. The smallest absolute Gasteiger partial charge is 0.233 e. The van der Waals surface area contributed by atoms with Crippen LogP contribution in [0, 0.1) is 5.92 Å². The van der Waals surface area contributed by atoms with Crippen molar-refractivity contribution >= 4 is 40.0 Å². The number of amides is 2. The lowest BCUT2D eigenvalue weighted by Crippen LogP contribution is -2.51. The lowest BCUT2D eigenvalue weighted by atomic mass is 10.2. The number of carbonyl (C=O) groups excluding carboxylic acids is 2. The second kappa shape index (κ2) is 6.87. The van der Waals surface area contributed by atoms with Gasteiger partial charge in [0, 0.05) is 38.1 Å². The van der Waals surface area contributed by atoms with Crippen LogP contribution in [0.1, 0.15) is 25.7 Å². The number of thioether (sulfide) groups is 1. The van der Waals surface area contributed by atoms with Gasteiger partial charge < -0.3 is 15.1 Å². The summed E-state index contributed by atoms with van der Waals surface area (Å²) in [6.07, 6.45) is 4.48. The van der Waals surface area contributed by atoms with Crippen LogP contribution in [-0.2, 0) is 9.59 Å². The first-order chi connectivity index (χ1) is 11.7. The fourth-order valence-corrected chi connectivity index (χ4v) is 4.44. The molecule has 3 fully saturated rings. The Balaban J connectivity index is 1.20. The summed E-state index contributed by atoms with van der Waals surface area (Å²) in [5.74, 6) is 1.04. The molecule has 2 heterocycles. The minimum Gasteiger partial charge on any atom is -0.357 e. The number of piperazine rings is 1. The molecule has 0 aromatic carbocycles. The minimum atomic E-state index is 0.116. The summed E-state index contributed by atoms with van der Waals surface area (Å²) in [7, 11) is 0. The zero-order chi connectivity index (χ0) is 16.5. The molecule has 1 aromatic rings. The van der Waals surface area contributed by atoms with Crippen LogP contribution < -0.4 is 5.32 Å².